The number of methoxy groups -OCH3 is 1. The highest BCUT2D eigenvalue weighted by Gasteiger charge is 2.14. The van der Waals surface area contributed by atoms with Crippen molar-refractivity contribution >= 4 is 45.6 Å². The standard InChI is InChI=1S/C23H26BrN3O6/c1-4-32-22(30)14-33-23-18(24)11-16(12-19(23)31-3)13-25-27-21(29)10-9-20(28)26-17-7-5-15(2)6-8-17/h5-8,11-13H,4,9-10,14H2,1-3H3,(H,26,28)(H,27,29). The van der Waals surface area contributed by atoms with Crippen molar-refractivity contribution in [3.05, 3.63) is 52.0 Å². The van der Waals surface area contributed by atoms with Crippen LogP contribution in [0.5, 0.6) is 11.5 Å². The predicted molar refractivity (Wildman–Crippen MR) is 128 cm³/mol. The number of nitrogens with one attached hydrogen (secondary N) is 2. The highest BCUT2D eigenvalue weighted by atomic mass is 79.9. The van der Waals surface area contributed by atoms with Crippen LogP contribution in [0.3, 0.4) is 0 Å². The zero-order valence-corrected chi connectivity index (χ0v) is 20.2. The first kappa shape index (κ1) is 25.9. The van der Waals surface area contributed by atoms with Gasteiger partial charge in [0.2, 0.25) is 11.8 Å². The van der Waals surface area contributed by atoms with Crippen molar-refractivity contribution < 1.29 is 28.6 Å². The van der Waals surface area contributed by atoms with Crippen LogP contribution in [0.25, 0.3) is 0 Å². The largest absolute Gasteiger partial charge is 0.493 e. The SMILES string of the molecule is CCOC(=O)COc1c(Br)cc(C=NNC(=O)CCC(=O)Nc2ccc(C)cc2)cc1OC. The first-order valence-electron chi connectivity index (χ1n) is 10.2. The predicted octanol–water partition coefficient (Wildman–Crippen LogP) is 3.58. The van der Waals surface area contributed by atoms with Crippen LogP contribution in [0.1, 0.15) is 30.9 Å². The summed E-state index contributed by atoms with van der Waals surface area (Å²) in [6, 6.07) is 10.7. The molecule has 2 aromatic carbocycles. The number of halogens is 1. The van der Waals surface area contributed by atoms with Crippen molar-refractivity contribution in [1.82, 2.24) is 5.43 Å². The summed E-state index contributed by atoms with van der Waals surface area (Å²) >= 11 is 3.37. The fourth-order valence-corrected chi connectivity index (χ4v) is 3.18. The van der Waals surface area contributed by atoms with Gasteiger partial charge in [-0.2, -0.15) is 5.10 Å². The normalized spacial score (nSPS) is 10.5. The molecule has 2 rings (SSSR count). The molecule has 0 aliphatic carbocycles. The summed E-state index contributed by atoms with van der Waals surface area (Å²) in [6.45, 7) is 3.67. The molecule has 0 bridgehead atoms. The third-order valence-corrected chi connectivity index (χ3v) is 4.80. The van der Waals surface area contributed by atoms with E-state index < -0.39 is 11.9 Å². The van der Waals surface area contributed by atoms with Crippen LogP contribution >= 0.6 is 15.9 Å². The minimum atomic E-state index is -0.493. The molecule has 2 amide bonds. The Morgan fingerprint density at radius 2 is 1.79 bits per heavy atom. The van der Waals surface area contributed by atoms with Crippen LogP contribution in [0.4, 0.5) is 5.69 Å². The summed E-state index contributed by atoms with van der Waals surface area (Å²) in [7, 11) is 1.46. The number of anilines is 1. The molecule has 0 atom stereocenters. The van der Waals surface area contributed by atoms with E-state index in [1.54, 1.807) is 31.2 Å². The zero-order chi connectivity index (χ0) is 24.2. The Balaban J connectivity index is 1.86. The molecule has 0 unspecified atom stereocenters. The maximum atomic E-state index is 12.0. The number of aryl methyl sites for hydroxylation is 1. The maximum Gasteiger partial charge on any atom is 0.344 e. The van der Waals surface area contributed by atoms with Crippen molar-refractivity contribution in [1.29, 1.82) is 0 Å². The summed E-state index contributed by atoms with van der Waals surface area (Å²) in [6.07, 6.45) is 1.44. The third-order valence-electron chi connectivity index (χ3n) is 4.21. The number of ether oxygens (including phenoxy) is 3. The van der Waals surface area contributed by atoms with Gasteiger partial charge in [0.1, 0.15) is 0 Å². The van der Waals surface area contributed by atoms with Crippen LogP contribution in [-0.4, -0.2) is 44.3 Å². The lowest BCUT2D eigenvalue weighted by Crippen LogP contribution is -2.20. The Hall–Kier alpha value is -3.40. The molecular formula is C23H26BrN3O6. The van der Waals surface area contributed by atoms with E-state index in [2.05, 4.69) is 31.8 Å². The van der Waals surface area contributed by atoms with E-state index >= 15 is 0 Å². The van der Waals surface area contributed by atoms with Gasteiger partial charge < -0.3 is 19.5 Å². The first-order valence-corrected chi connectivity index (χ1v) is 11.0. The first-order chi connectivity index (χ1) is 15.8. The molecular weight excluding hydrogens is 494 g/mol. The van der Waals surface area contributed by atoms with E-state index in [1.807, 2.05) is 19.1 Å². The Labute approximate surface area is 200 Å². The summed E-state index contributed by atoms with van der Waals surface area (Å²) in [5.41, 5.74) is 4.77. The number of benzene rings is 2. The summed E-state index contributed by atoms with van der Waals surface area (Å²) in [4.78, 5) is 35.5. The van der Waals surface area contributed by atoms with Gasteiger partial charge in [0.15, 0.2) is 18.1 Å². The molecule has 9 nitrogen and oxygen atoms in total. The molecule has 2 N–H and O–H groups in total. The lowest BCUT2D eigenvalue weighted by molar-refractivity contribution is -0.145. The molecule has 33 heavy (non-hydrogen) atoms. The van der Waals surface area contributed by atoms with Crippen molar-refractivity contribution in [2.75, 3.05) is 25.6 Å². The van der Waals surface area contributed by atoms with Gasteiger partial charge in [-0.25, -0.2) is 10.2 Å². The van der Waals surface area contributed by atoms with Gasteiger partial charge >= 0.3 is 5.97 Å². The number of carbonyl (C=O) groups is 3. The summed E-state index contributed by atoms with van der Waals surface area (Å²) in [5, 5.41) is 6.65. The second-order valence-corrected chi connectivity index (χ2v) is 7.69. The molecule has 176 valence electrons. The minimum Gasteiger partial charge on any atom is -0.493 e. The number of rotatable bonds is 11. The molecule has 0 aliphatic heterocycles. The molecule has 0 spiro atoms. The molecule has 0 aromatic heterocycles. The van der Waals surface area contributed by atoms with Gasteiger partial charge in [-0.1, -0.05) is 17.7 Å². The van der Waals surface area contributed by atoms with Gasteiger partial charge in [0.05, 0.1) is 24.4 Å². The number of amides is 2. The highest BCUT2D eigenvalue weighted by molar-refractivity contribution is 9.10. The second kappa shape index (κ2) is 13.2. The van der Waals surface area contributed by atoms with Gasteiger partial charge in [-0.15, -0.1) is 0 Å². The molecule has 0 saturated carbocycles. The maximum absolute atomic E-state index is 12.0. The lowest BCUT2D eigenvalue weighted by Gasteiger charge is -2.13. The minimum absolute atomic E-state index is 0.0112. The summed E-state index contributed by atoms with van der Waals surface area (Å²) in [5.74, 6) is -0.441. The Kier molecular flexibility index (Phi) is 10.4. The number of hydrogen-bond acceptors (Lipinski definition) is 7. The average molecular weight is 520 g/mol. The number of hydrazone groups is 1. The van der Waals surface area contributed by atoms with Crippen LogP contribution in [0.2, 0.25) is 0 Å². The number of carbonyl (C=O) groups excluding carboxylic acids is 3. The van der Waals surface area contributed by atoms with Crippen molar-refractivity contribution in [2.45, 2.75) is 26.7 Å². The van der Waals surface area contributed by atoms with E-state index in [0.717, 1.165) is 5.56 Å². The van der Waals surface area contributed by atoms with Gasteiger partial charge in [-0.05, 0) is 59.6 Å². The second-order valence-electron chi connectivity index (χ2n) is 6.84. The average Bonchev–Trinajstić information content (AvgIpc) is 2.78. The van der Waals surface area contributed by atoms with Crippen molar-refractivity contribution in [3.63, 3.8) is 0 Å². The van der Waals surface area contributed by atoms with E-state index in [9.17, 15) is 14.4 Å². The molecule has 0 saturated heterocycles. The van der Waals surface area contributed by atoms with E-state index in [0.29, 0.717) is 27.2 Å². The number of hydrogen-bond donors (Lipinski definition) is 2. The van der Waals surface area contributed by atoms with Crippen LogP contribution in [-0.2, 0) is 19.1 Å². The molecule has 10 heteroatoms. The van der Waals surface area contributed by atoms with E-state index in [4.69, 9.17) is 14.2 Å². The fourth-order valence-electron chi connectivity index (χ4n) is 2.61. The quantitative estimate of drug-likeness (QED) is 0.266. The van der Waals surface area contributed by atoms with Crippen LogP contribution < -0.4 is 20.2 Å². The smallest absolute Gasteiger partial charge is 0.344 e. The molecule has 0 aliphatic rings. The topological polar surface area (TPSA) is 115 Å². The summed E-state index contributed by atoms with van der Waals surface area (Å²) < 4.78 is 16.2. The zero-order valence-electron chi connectivity index (χ0n) is 18.6. The Morgan fingerprint density at radius 3 is 2.45 bits per heavy atom. The lowest BCUT2D eigenvalue weighted by atomic mass is 10.2. The third kappa shape index (κ3) is 8.93. The number of nitrogens with zero attached hydrogens (tertiary/aromatic N) is 1. The highest BCUT2D eigenvalue weighted by Crippen LogP contribution is 2.36. The Morgan fingerprint density at radius 1 is 1.09 bits per heavy atom. The Bertz CT molecular complexity index is 1010. The van der Waals surface area contributed by atoms with E-state index in [1.165, 1.54) is 13.3 Å². The molecule has 0 radical (unpaired) electrons. The van der Waals surface area contributed by atoms with Gasteiger partial charge in [0, 0.05) is 18.5 Å². The number of esters is 1. The van der Waals surface area contributed by atoms with Crippen LogP contribution in [0.15, 0.2) is 46.0 Å². The molecule has 0 fully saturated rings. The molecule has 2 aromatic rings. The van der Waals surface area contributed by atoms with Crippen molar-refractivity contribution in [3.8, 4) is 11.5 Å². The monoisotopic (exact) mass is 519 g/mol. The fraction of sp³-hybridized carbons (Fsp3) is 0.304. The van der Waals surface area contributed by atoms with E-state index in [-0.39, 0.29) is 32.0 Å². The van der Waals surface area contributed by atoms with Gasteiger partial charge in [0.25, 0.3) is 0 Å². The van der Waals surface area contributed by atoms with Gasteiger partial charge in [-0.3, -0.25) is 9.59 Å². The molecule has 0 heterocycles. The van der Waals surface area contributed by atoms with Crippen molar-refractivity contribution in [2.24, 2.45) is 5.10 Å². The van der Waals surface area contributed by atoms with Crippen LogP contribution in [0, 0.1) is 6.92 Å².